The van der Waals surface area contributed by atoms with Crippen molar-refractivity contribution in [2.45, 2.75) is 32.1 Å². The molecule has 0 aliphatic carbocycles. The number of para-hydroxylation sites is 1. The van der Waals surface area contributed by atoms with Crippen molar-refractivity contribution in [2.24, 2.45) is 0 Å². The highest BCUT2D eigenvalue weighted by Gasteiger charge is 2.51. The number of amides is 3. The monoisotopic (exact) mass is 417 g/mol. The molecule has 1 heterocycles. The maximum absolute atomic E-state index is 13.1. The Hall–Kier alpha value is -2.61. The van der Waals surface area contributed by atoms with Gasteiger partial charge in [0, 0.05) is 29.4 Å². The number of fused-ring (bicyclic) bond motifs is 1. The van der Waals surface area contributed by atoms with Crippen molar-refractivity contribution < 1.29 is 19.4 Å². The summed E-state index contributed by atoms with van der Waals surface area (Å²) in [6.07, 6.45) is 0.679. The highest BCUT2D eigenvalue weighted by Crippen LogP contribution is 2.39. The van der Waals surface area contributed by atoms with E-state index in [0.29, 0.717) is 36.0 Å². The number of nitrogens with zero attached hydrogens (tertiary/aromatic N) is 1. The minimum atomic E-state index is -2.22. The number of urea groups is 1. The van der Waals surface area contributed by atoms with Crippen LogP contribution in [0.15, 0.2) is 48.5 Å². The predicted octanol–water partition coefficient (Wildman–Crippen LogP) is 3.47. The molecular formula is C21H24ClN3O4. The smallest absolute Gasteiger partial charge is 0.329 e. The maximum Gasteiger partial charge on any atom is 0.329 e. The number of rotatable bonds is 7. The quantitative estimate of drug-likeness (QED) is 0.601. The Bertz CT molecular complexity index is 888. The van der Waals surface area contributed by atoms with E-state index in [1.54, 1.807) is 48.5 Å². The number of hydrogen-bond acceptors (Lipinski definition) is 4. The Labute approximate surface area is 174 Å². The van der Waals surface area contributed by atoms with E-state index in [2.05, 4.69) is 10.6 Å². The van der Waals surface area contributed by atoms with Crippen LogP contribution < -0.4 is 15.5 Å². The van der Waals surface area contributed by atoms with Gasteiger partial charge in [0.05, 0.1) is 11.8 Å². The van der Waals surface area contributed by atoms with Gasteiger partial charge in [-0.2, -0.15) is 0 Å². The average Bonchev–Trinajstić information content (AvgIpc) is 2.68. The van der Waals surface area contributed by atoms with Crippen LogP contribution in [-0.4, -0.2) is 36.3 Å². The van der Waals surface area contributed by atoms with Crippen LogP contribution in [0.5, 0.6) is 0 Å². The summed E-state index contributed by atoms with van der Waals surface area (Å²) in [6, 6.07) is 12.4. The lowest BCUT2D eigenvalue weighted by molar-refractivity contribution is -0.140. The molecule has 0 saturated carbocycles. The predicted molar refractivity (Wildman–Crippen MR) is 112 cm³/mol. The SMILES string of the molecule is CC(C)OCCCNC(=O)[C@@]1(O)c2ccccc2NC(=O)N1c1ccc(Cl)cc1. The van der Waals surface area contributed by atoms with Gasteiger partial charge in [0.15, 0.2) is 0 Å². The van der Waals surface area contributed by atoms with Crippen molar-refractivity contribution in [3.8, 4) is 0 Å². The normalized spacial score (nSPS) is 18.4. The zero-order chi connectivity index (χ0) is 21.0. The van der Waals surface area contributed by atoms with E-state index >= 15 is 0 Å². The molecule has 0 aromatic heterocycles. The Morgan fingerprint density at radius 3 is 2.62 bits per heavy atom. The molecule has 3 amide bonds. The Balaban J connectivity index is 1.91. The molecule has 8 heteroatoms. The number of carbonyl (C=O) groups is 2. The molecule has 29 heavy (non-hydrogen) atoms. The van der Waals surface area contributed by atoms with Crippen LogP contribution in [0.25, 0.3) is 0 Å². The lowest BCUT2D eigenvalue weighted by Crippen LogP contribution is -2.62. The molecule has 2 aromatic rings. The van der Waals surface area contributed by atoms with Gasteiger partial charge in [0.2, 0.25) is 0 Å². The highest BCUT2D eigenvalue weighted by atomic mass is 35.5. The molecule has 0 bridgehead atoms. The van der Waals surface area contributed by atoms with Gasteiger partial charge in [0.1, 0.15) is 0 Å². The van der Waals surface area contributed by atoms with E-state index in [1.165, 1.54) is 0 Å². The number of hydrogen-bond donors (Lipinski definition) is 3. The third-order valence-electron chi connectivity index (χ3n) is 4.53. The van der Waals surface area contributed by atoms with Crippen LogP contribution in [0.4, 0.5) is 16.2 Å². The zero-order valence-corrected chi connectivity index (χ0v) is 17.1. The van der Waals surface area contributed by atoms with Gasteiger partial charge in [-0.25, -0.2) is 4.79 Å². The van der Waals surface area contributed by atoms with E-state index in [4.69, 9.17) is 16.3 Å². The van der Waals surface area contributed by atoms with Crippen molar-refractivity contribution in [3.05, 3.63) is 59.1 Å². The van der Waals surface area contributed by atoms with Crippen LogP contribution in [0, 0.1) is 0 Å². The summed E-state index contributed by atoms with van der Waals surface area (Å²) >= 11 is 5.95. The van der Waals surface area contributed by atoms with Gasteiger partial charge in [-0.15, -0.1) is 0 Å². The molecular weight excluding hydrogens is 394 g/mol. The molecule has 7 nitrogen and oxygen atoms in total. The third-order valence-corrected chi connectivity index (χ3v) is 4.78. The van der Waals surface area contributed by atoms with Crippen molar-refractivity contribution in [1.82, 2.24) is 5.32 Å². The van der Waals surface area contributed by atoms with Crippen LogP contribution >= 0.6 is 11.6 Å². The van der Waals surface area contributed by atoms with E-state index in [0.717, 1.165) is 4.90 Å². The molecule has 0 spiro atoms. The number of aliphatic hydroxyl groups is 1. The molecule has 3 rings (SSSR count). The van der Waals surface area contributed by atoms with Gasteiger partial charge in [-0.05, 0) is 50.6 Å². The lowest BCUT2D eigenvalue weighted by Gasteiger charge is -2.42. The van der Waals surface area contributed by atoms with Crippen LogP contribution in [0.3, 0.4) is 0 Å². The summed E-state index contributed by atoms with van der Waals surface area (Å²) in [6.45, 7) is 4.65. The maximum atomic E-state index is 13.1. The minimum Gasteiger partial charge on any atom is -0.379 e. The molecule has 0 unspecified atom stereocenters. The standard InChI is InChI=1S/C21H24ClN3O4/c1-14(2)29-13-5-12-23-19(26)21(28)17-6-3-4-7-18(17)24-20(27)25(21)16-10-8-15(22)9-11-16/h3-4,6-11,14,28H,5,12-13H2,1-2H3,(H,23,26)(H,24,27)/t21-/m0/s1. The van der Waals surface area contributed by atoms with Gasteiger partial charge in [-0.1, -0.05) is 29.8 Å². The van der Waals surface area contributed by atoms with Crippen molar-refractivity contribution in [2.75, 3.05) is 23.4 Å². The Morgan fingerprint density at radius 2 is 1.93 bits per heavy atom. The van der Waals surface area contributed by atoms with Crippen molar-refractivity contribution in [3.63, 3.8) is 0 Å². The average molecular weight is 418 g/mol. The summed E-state index contributed by atoms with van der Waals surface area (Å²) in [7, 11) is 0. The minimum absolute atomic E-state index is 0.101. The zero-order valence-electron chi connectivity index (χ0n) is 16.3. The molecule has 0 radical (unpaired) electrons. The first kappa shape index (κ1) is 21.1. The van der Waals surface area contributed by atoms with Crippen LogP contribution in [-0.2, 0) is 15.3 Å². The van der Waals surface area contributed by atoms with E-state index < -0.39 is 17.7 Å². The fourth-order valence-electron chi connectivity index (χ4n) is 3.17. The number of benzene rings is 2. The third kappa shape index (κ3) is 4.37. The molecule has 1 aliphatic rings. The van der Waals surface area contributed by atoms with Gasteiger partial charge < -0.3 is 20.5 Å². The summed E-state index contributed by atoms with van der Waals surface area (Å²) in [5.41, 5.74) is -1.22. The number of anilines is 2. The molecule has 1 atom stereocenters. The van der Waals surface area contributed by atoms with E-state index in [1.807, 2.05) is 13.8 Å². The first-order valence-electron chi connectivity index (χ1n) is 9.42. The molecule has 154 valence electrons. The van der Waals surface area contributed by atoms with Gasteiger partial charge in [0.25, 0.3) is 11.6 Å². The second-order valence-corrected chi connectivity index (χ2v) is 7.43. The lowest BCUT2D eigenvalue weighted by atomic mass is 9.95. The van der Waals surface area contributed by atoms with E-state index in [-0.39, 0.29) is 11.7 Å². The topological polar surface area (TPSA) is 90.9 Å². The molecule has 3 N–H and O–H groups in total. The second-order valence-electron chi connectivity index (χ2n) is 6.99. The van der Waals surface area contributed by atoms with Crippen molar-refractivity contribution >= 4 is 34.9 Å². The first-order chi connectivity index (χ1) is 13.8. The summed E-state index contributed by atoms with van der Waals surface area (Å²) in [5.74, 6) is -0.695. The highest BCUT2D eigenvalue weighted by molar-refractivity contribution is 6.30. The summed E-state index contributed by atoms with van der Waals surface area (Å²) < 4.78 is 5.47. The van der Waals surface area contributed by atoms with Gasteiger partial charge >= 0.3 is 6.03 Å². The molecule has 0 fully saturated rings. The molecule has 1 aliphatic heterocycles. The Kier molecular flexibility index (Phi) is 6.42. The summed E-state index contributed by atoms with van der Waals surface area (Å²) in [5, 5.41) is 17.5. The summed E-state index contributed by atoms with van der Waals surface area (Å²) in [4.78, 5) is 27.0. The fourth-order valence-corrected chi connectivity index (χ4v) is 3.30. The number of nitrogens with one attached hydrogen (secondary N) is 2. The van der Waals surface area contributed by atoms with E-state index in [9.17, 15) is 14.7 Å². The van der Waals surface area contributed by atoms with Crippen molar-refractivity contribution in [1.29, 1.82) is 0 Å². The Morgan fingerprint density at radius 1 is 1.24 bits per heavy atom. The number of halogens is 1. The largest absolute Gasteiger partial charge is 0.379 e. The fraction of sp³-hybridized carbons (Fsp3) is 0.333. The number of carbonyl (C=O) groups excluding carboxylic acids is 2. The van der Waals surface area contributed by atoms with Crippen LogP contribution in [0.1, 0.15) is 25.8 Å². The molecule has 2 aromatic carbocycles. The molecule has 0 saturated heterocycles. The van der Waals surface area contributed by atoms with Crippen LogP contribution in [0.2, 0.25) is 5.02 Å². The number of ether oxygens (including phenoxy) is 1. The second kappa shape index (κ2) is 8.82. The van der Waals surface area contributed by atoms with Gasteiger partial charge in [-0.3, -0.25) is 9.69 Å². The first-order valence-corrected chi connectivity index (χ1v) is 9.80.